The number of rotatable bonds is 3. The van der Waals surface area contributed by atoms with E-state index in [1.807, 2.05) is 11.9 Å². The lowest BCUT2D eigenvalue weighted by atomic mass is 9.83. The number of carbonyl (C=O) groups excluding carboxylic acids is 1. The smallest absolute Gasteiger partial charge is 0.257 e. The average Bonchev–Trinajstić information content (AvgIpc) is 3.03. The second-order valence-corrected chi connectivity index (χ2v) is 6.70. The SMILES string of the molecule is Cn1cc(C(=O)N2CCN([C@H](C#N)C3CCCCC3)CC2)cn1. The minimum absolute atomic E-state index is 0.0194. The molecule has 1 aliphatic carbocycles. The molecule has 0 bridgehead atoms. The number of amides is 1. The molecule has 23 heavy (non-hydrogen) atoms. The zero-order chi connectivity index (χ0) is 16.2. The first-order chi connectivity index (χ1) is 11.2. The van der Waals surface area contributed by atoms with Crippen LogP contribution in [0.4, 0.5) is 0 Å². The fourth-order valence-electron chi connectivity index (χ4n) is 3.85. The first-order valence-corrected chi connectivity index (χ1v) is 8.60. The Balaban J connectivity index is 1.57. The van der Waals surface area contributed by atoms with Gasteiger partial charge in [0.25, 0.3) is 5.91 Å². The maximum atomic E-state index is 12.4. The van der Waals surface area contributed by atoms with Gasteiger partial charge in [0.1, 0.15) is 6.04 Å². The van der Waals surface area contributed by atoms with Crippen LogP contribution in [-0.4, -0.2) is 57.7 Å². The Bertz CT molecular complexity index is 576. The predicted octanol–water partition coefficient (Wildman–Crippen LogP) is 1.65. The van der Waals surface area contributed by atoms with E-state index < -0.39 is 0 Å². The standard InChI is InChI=1S/C17H25N5O/c1-20-13-15(12-19-20)17(23)22-9-7-21(8-10-22)16(11-18)14-5-3-2-4-6-14/h12-14,16H,2-10H2,1H3/t16-/m1/s1. The third kappa shape index (κ3) is 3.56. The van der Waals surface area contributed by atoms with Crippen LogP contribution in [0, 0.1) is 17.2 Å². The molecule has 2 aliphatic rings. The maximum absolute atomic E-state index is 12.4. The first kappa shape index (κ1) is 16.0. The summed E-state index contributed by atoms with van der Waals surface area (Å²) in [5.74, 6) is 0.554. The summed E-state index contributed by atoms with van der Waals surface area (Å²) in [6.07, 6.45) is 9.54. The molecular formula is C17H25N5O. The van der Waals surface area contributed by atoms with Crippen LogP contribution in [-0.2, 0) is 7.05 Å². The predicted molar refractivity (Wildman–Crippen MR) is 86.7 cm³/mol. The minimum atomic E-state index is 0.0194. The average molecular weight is 315 g/mol. The topological polar surface area (TPSA) is 65.2 Å². The fourth-order valence-corrected chi connectivity index (χ4v) is 3.85. The summed E-state index contributed by atoms with van der Waals surface area (Å²) in [5, 5.41) is 13.7. The van der Waals surface area contributed by atoms with Gasteiger partial charge in [-0.1, -0.05) is 19.3 Å². The molecule has 3 rings (SSSR count). The molecule has 0 radical (unpaired) electrons. The number of nitriles is 1. The van der Waals surface area contributed by atoms with Gasteiger partial charge < -0.3 is 4.90 Å². The van der Waals surface area contributed by atoms with Crippen molar-refractivity contribution in [3.05, 3.63) is 18.0 Å². The number of hydrogen-bond acceptors (Lipinski definition) is 4. The Morgan fingerprint density at radius 2 is 1.96 bits per heavy atom. The third-order valence-electron chi connectivity index (χ3n) is 5.18. The molecule has 6 nitrogen and oxygen atoms in total. The lowest BCUT2D eigenvalue weighted by molar-refractivity contribution is 0.0538. The van der Waals surface area contributed by atoms with E-state index in [1.165, 1.54) is 32.1 Å². The van der Waals surface area contributed by atoms with Gasteiger partial charge in [0, 0.05) is 39.4 Å². The van der Waals surface area contributed by atoms with Crippen molar-refractivity contribution in [3.8, 4) is 6.07 Å². The van der Waals surface area contributed by atoms with Crippen molar-refractivity contribution in [2.45, 2.75) is 38.1 Å². The number of aryl methyl sites for hydroxylation is 1. The minimum Gasteiger partial charge on any atom is -0.336 e. The summed E-state index contributed by atoms with van der Waals surface area (Å²) in [6.45, 7) is 2.97. The second-order valence-electron chi connectivity index (χ2n) is 6.70. The first-order valence-electron chi connectivity index (χ1n) is 8.60. The molecule has 1 aromatic heterocycles. The van der Waals surface area contributed by atoms with Crippen LogP contribution in [0.25, 0.3) is 0 Å². The molecule has 2 heterocycles. The van der Waals surface area contributed by atoms with Crippen LogP contribution >= 0.6 is 0 Å². The molecule has 1 amide bonds. The lowest BCUT2D eigenvalue weighted by Crippen LogP contribution is -2.53. The van der Waals surface area contributed by atoms with Crippen molar-refractivity contribution in [3.63, 3.8) is 0 Å². The highest BCUT2D eigenvalue weighted by Gasteiger charge is 2.32. The Kier molecular flexibility index (Phi) is 4.97. The van der Waals surface area contributed by atoms with Gasteiger partial charge in [-0.25, -0.2) is 0 Å². The molecule has 1 saturated carbocycles. The fraction of sp³-hybridized carbons (Fsp3) is 0.706. The van der Waals surface area contributed by atoms with E-state index in [-0.39, 0.29) is 11.9 Å². The van der Waals surface area contributed by atoms with E-state index in [0.29, 0.717) is 24.6 Å². The summed E-state index contributed by atoms with van der Waals surface area (Å²) in [7, 11) is 1.82. The molecule has 1 aliphatic heterocycles. The van der Waals surface area contributed by atoms with E-state index in [2.05, 4.69) is 16.1 Å². The number of nitrogens with zero attached hydrogens (tertiary/aromatic N) is 5. The van der Waals surface area contributed by atoms with Gasteiger partial charge in [0.05, 0.1) is 17.8 Å². The van der Waals surface area contributed by atoms with Crippen molar-refractivity contribution >= 4 is 5.91 Å². The van der Waals surface area contributed by atoms with Crippen LogP contribution in [0.2, 0.25) is 0 Å². The summed E-state index contributed by atoms with van der Waals surface area (Å²) in [5.41, 5.74) is 0.644. The number of carbonyl (C=O) groups is 1. The van der Waals surface area contributed by atoms with Crippen molar-refractivity contribution in [2.75, 3.05) is 26.2 Å². The Morgan fingerprint density at radius 1 is 1.26 bits per heavy atom. The number of piperazine rings is 1. The van der Waals surface area contributed by atoms with Crippen LogP contribution in [0.3, 0.4) is 0 Å². The maximum Gasteiger partial charge on any atom is 0.257 e. The molecule has 1 atom stereocenters. The summed E-state index contributed by atoms with van der Waals surface area (Å²) >= 11 is 0. The van der Waals surface area contributed by atoms with Crippen LogP contribution in [0.5, 0.6) is 0 Å². The van der Waals surface area contributed by atoms with Gasteiger partial charge in [-0.2, -0.15) is 10.4 Å². The normalized spacial score (nSPS) is 21.8. The highest BCUT2D eigenvalue weighted by molar-refractivity contribution is 5.93. The highest BCUT2D eigenvalue weighted by atomic mass is 16.2. The van der Waals surface area contributed by atoms with Crippen LogP contribution in [0.1, 0.15) is 42.5 Å². The van der Waals surface area contributed by atoms with E-state index in [4.69, 9.17) is 0 Å². The van der Waals surface area contributed by atoms with Gasteiger partial charge in [0.15, 0.2) is 0 Å². The summed E-state index contributed by atoms with van der Waals surface area (Å²) < 4.78 is 1.65. The van der Waals surface area contributed by atoms with Crippen LogP contribution < -0.4 is 0 Å². The molecule has 1 saturated heterocycles. The van der Waals surface area contributed by atoms with Gasteiger partial charge in [-0.05, 0) is 18.8 Å². The van der Waals surface area contributed by atoms with Gasteiger partial charge in [-0.15, -0.1) is 0 Å². The van der Waals surface area contributed by atoms with Crippen molar-refractivity contribution in [1.29, 1.82) is 5.26 Å². The number of aromatic nitrogens is 2. The Labute approximate surface area is 137 Å². The van der Waals surface area contributed by atoms with E-state index in [9.17, 15) is 10.1 Å². The monoisotopic (exact) mass is 315 g/mol. The zero-order valence-corrected chi connectivity index (χ0v) is 13.8. The third-order valence-corrected chi connectivity index (χ3v) is 5.18. The quantitative estimate of drug-likeness (QED) is 0.851. The van der Waals surface area contributed by atoms with Gasteiger partial charge >= 0.3 is 0 Å². The molecule has 0 N–H and O–H groups in total. The second kappa shape index (κ2) is 7.14. The van der Waals surface area contributed by atoms with Crippen molar-refractivity contribution in [2.24, 2.45) is 13.0 Å². The molecule has 124 valence electrons. The summed E-state index contributed by atoms with van der Waals surface area (Å²) in [4.78, 5) is 16.6. The summed E-state index contributed by atoms with van der Waals surface area (Å²) in [6, 6.07) is 2.55. The van der Waals surface area contributed by atoms with Gasteiger partial charge in [-0.3, -0.25) is 14.4 Å². The van der Waals surface area contributed by atoms with E-state index in [1.54, 1.807) is 17.1 Å². The van der Waals surface area contributed by atoms with Gasteiger partial charge in [0.2, 0.25) is 0 Å². The Hall–Kier alpha value is -1.87. The molecule has 0 aromatic carbocycles. The Morgan fingerprint density at radius 3 is 2.52 bits per heavy atom. The van der Waals surface area contributed by atoms with E-state index in [0.717, 1.165) is 13.1 Å². The number of hydrogen-bond donors (Lipinski definition) is 0. The molecule has 1 aromatic rings. The van der Waals surface area contributed by atoms with Crippen molar-refractivity contribution in [1.82, 2.24) is 19.6 Å². The molecule has 0 unspecified atom stereocenters. The largest absolute Gasteiger partial charge is 0.336 e. The van der Waals surface area contributed by atoms with E-state index >= 15 is 0 Å². The molecular weight excluding hydrogens is 290 g/mol. The van der Waals surface area contributed by atoms with Crippen molar-refractivity contribution < 1.29 is 4.79 Å². The lowest BCUT2D eigenvalue weighted by Gasteiger charge is -2.40. The molecule has 6 heteroatoms. The molecule has 0 spiro atoms. The van der Waals surface area contributed by atoms with Crippen LogP contribution in [0.15, 0.2) is 12.4 Å². The molecule has 2 fully saturated rings. The highest BCUT2D eigenvalue weighted by Crippen LogP contribution is 2.29. The zero-order valence-electron chi connectivity index (χ0n) is 13.8.